The predicted octanol–water partition coefficient (Wildman–Crippen LogP) is 2.20. The Bertz CT molecular complexity index is 184. The SMILES string of the molecule is CCCNC(C)c1ccsn1. The minimum atomic E-state index is 0.404. The van der Waals surface area contributed by atoms with Crippen molar-refractivity contribution in [1.29, 1.82) is 0 Å². The summed E-state index contributed by atoms with van der Waals surface area (Å²) in [4.78, 5) is 0. The molecule has 0 aliphatic carbocycles. The molecule has 1 N–H and O–H groups in total. The molecule has 0 saturated carbocycles. The Morgan fingerprint density at radius 1 is 1.73 bits per heavy atom. The molecule has 1 aromatic rings. The fourth-order valence-corrected chi connectivity index (χ4v) is 1.51. The molecule has 0 saturated heterocycles. The second kappa shape index (κ2) is 4.46. The zero-order valence-electron chi connectivity index (χ0n) is 7.00. The quantitative estimate of drug-likeness (QED) is 0.749. The molecular weight excluding hydrogens is 156 g/mol. The first-order valence-corrected chi connectivity index (χ1v) is 4.82. The lowest BCUT2D eigenvalue weighted by Crippen LogP contribution is -2.19. The molecule has 2 nitrogen and oxygen atoms in total. The zero-order valence-corrected chi connectivity index (χ0v) is 7.82. The van der Waals surface area contributed by atoms with Gasteiger partial charge in [-0.1, -0.05) is 6.92 Å². The van der Waals surface area contributed by atoms with Crippen LogP contribution in [0.3, 0.4) is 0 Å². The van der Waals surface area contributed by atoms with Crippen LogP contribution in [0.2, 0.25) is 0 Å². The number of rotatable bonds is 4. The van der Waals surface area contributed by atoms with E-state index in [2.05, 4.69) is 29.6 Å². The highest BCUT2D eigenvalue weighted by atomic mass is 32.1. The first kappa shape index (κ1) is 8.68. The van der Waals surface area contributed by atoms with E-state index in [0.717, 1.165) is 12.2 Å². The van der Waals surface area contributed by atoms with E-state index < -0.39 is 0 Å². The molecule has 62 valence electrons. The normalized spacial score (nSPS) is 13.3. The monoisotopic (exact) mass is 170 g/mol. The van der Waals surface area contributed by atoms with E-state index in [1.807, 2.05) is 5.38 Å². The predicted molar refractivity (Wildman–Crippen MR) is 48.8 cm³/mol. The number of hydrogen-bond acceptors (Lipinski definition) is 3. The fraction of sp³-hybridized carbons (Fsp3) is 0.625. The fourth-order valence-electron chi connectivity index (χ4n) is 0.911. The van der Waals surface area contributed by atoms with Gasteiger partial charge in [0.2, 0.25) is 0 Å². The van der Waals surface area contributed by atoms with Crippen molar-refractivity contribution >= 4 is 11.5 Å². The van der Waals surface area contributed by atoms with Gasteiger partial charge in [-0.15, -0.1) is 0 Å². The summed E-state index contributed by atoms with van der Waals surface area (Å²) in [5.41, 5.74) is 1.16. The average molecular weight is 170 g/mol. The van der Waals surface area contributed by atoms with Gasteiger partial charge in [-0.3, -0.25) is 0 Å². The highest BCUT2D eigenvalue weighted by molar-refractivity contribution is 7.03. The Morgan fingerprint density at radius 2 is 2.55 bits per heavy atom. The third-order valence-electron chi connectivity index (χ3n) is 1.60. The summed E-state index contributed by atoms with van der Waals surface area (Å²) in [6.07, 6.45) is 1.18. The maximum absolute atomic E-state index is 4.25. The summed E-state index contributed by atoms with van der Waals surface area (Å²) < 4.78 is 4.25. The van der Waals surface area contributed by atoms with Gasteiger partial charge in [-0.25, -0.2) is 0 Å². The number of aromatic nitrogens is 1. The summed E-state index contributed by atoms with van der Waals surface area (Å²) in [5.74, 6) is 0. The first-order valence-electron chi connectivity index (χ1n) is 3.98. The highest BCUT2D eigenvalue weighted by Crippen LogP contribution is 2.10. The Kier molecular flexibility index (Phi) is 3.52. The van der Waals surface area contributed by atoms with Gasteiger partial charge in [0.15, 0.2) is 0 Å². The van der Waals surface area contributed by atoms with Crippen LogP contribution in [0.4, 0.5) is 0 Å². The molecule has 0 aliphatic heterocycles. The van der Waals surface area contributed by atoms with Gasteiger partial charge in [0.05, 0.1) is 5.69 Å². The van der Waals surface area contributed by atoms with Crippen molar-refractivity contribution in [2.24, 2.45) is 0 Å². The molecule has 0 aromatic carbocycles. The molecule has 0 aliphatic rings. The summed E-state index contributed by atoms with van der Waals surface area (Å²) in [6, 6.07) is 2.47. The summed E-state index contributed by atoms with van der Waals surface area (Å²) in [6.45, 7) is 5.38. The maximum atomic E-state index is 4.25. The maximum Gasteiger partial charge on any atom is 0.0708 e. The van der Waals surface area contributed by atoms with E-state index in [1.54, 1.807) is 0 Å². The van der Waals surface area contributed by atoms with E-state index in [4.69, 9.17) is 0 Å². The van der Waals surface area contributed by atoms with Crippen LogP contribution in [-0.2, 0) is 0 Å². The topological polar surface area (TPSA) is 24.9 Å². The average Bonchev–Trinajstić information content (AvgIpc) is 2.52. The van der Waals surface area contributed by atoms with Gasteiger partial charge in [0, 0.05) is 11.4 Å². The van der Waals surface area contributed by atoms with Crippen LogP contribution in [0.15, 0.2) is 11.4 Å². The minimum absolute atomic E-state index is 0.404. The zero-order chi connectivity index (χ0) is 8.10. The standard InChI is InChI=1S/C8H14N2S/c1-3-5-9-7(2)8-4-6-11-10-8/h4,6-7,9H,3,5H2,1-2H3. The van der Waals surface area contributed by atoms with E-state index in [1.165, 1.54) is 18.0 Å². The number of nitrogens with zero attached hydrogens (tertiary/aromatic N) is 1. The molecule has 0 fully saturated rings. The van der Waals surface area contributed by atoms with E-state index >= 15 is 0 Å². The van der Waals surface area contributed by atoms with E-state index in [9.17, 15) is 0 Å². The van der Waals surface area contributed by atoms with Crippen LogP contribution in [0.25, 0.3) is 0 Å². The van der Waals surface area contributed by atoms with Crippen LogP contribution in [0, 0.1) is 0 Å². The molecule has 0 amide bonds. The lowest BCUT2D eigenvalue weighted by atomic mass is 10.2. The molecule has 0 bridgehead atoms. The smallest absolute Gasteiger partial charge is 0.0708 e. The summed E-state index contributed by atoms with van der Waals surface area (Å²) >= 11 is 1.51. The molecule has 1 heterocycles. The van der Waals surface area contributed by atoms with Crippen molar-refractivity contribution in [2.75, 3.05) is 6.54 Å². The molecule has 1 rings (SSSR count). The highest BCUT2D eigenvalue weighted by Gasteiger charge is 2.04. The third-order valence-corrected chi connectivity index (χ3v) is 2.18. The van der Waals surface area contributed by atoms with Crippen molar-refractivity contribution in [3.05, 3.63) is 17.1 Å². The number of hydrogen-bond donors (Lipinski definition) is 1. The lowest BCUT2D eigenvalue weighted by molar-refractivity contribution is 0.562. The van der Waals surface area contributed by atoms with Crippen molar-refractivity contribution < 1.29 is 0 Å². The largest absolute Gasteiger partial charge is 0.309 e. The Labute approximate surface area is 71.8 Å². The van der Waals surface area contributed by atoms with Crippen molar-refractivity contribution in [2.45, 2.75) is 26.3 Å². The molecule has 0 radical (unpaired) electrons. The minimum Gasteiger partial charge on any atom is -0.309 e. The Morgan fingerprint density at radius 3 is 3.09 bits per heavy atom. The van der Waals surface area contributed by atoms with Crippen LogP contribution in [0.5, 0.6) is 0 Å². The molecule has 1 atom stereocenters. The van der Waals surface area contributed by atoms with Gasteiger partial charge >= 0.3 is 0 Å². The van der Waals surface area contributed by atoms with Gasteiger partial charge in [-0.2, -0.15) is 4.37 Å². The van der Waals surface area contributed by atoms with Crippen molar-refractivity contribution in [3.63, 3.8) is 0 Å². The number of nitrogens with one attached hydrogen (secondary N) is 1. The van der Waals surface area contributed by atoms with Crippen LogP contribution in [-0.4, -0.2) is 10.9 Å². The molecular formula is C8H14N2S. The van der Waals surface area contributed by atoms with Crippen LogP contribution >= 0.6 is 11.5 Å². The molecule has 0 spiro atoms. The molecule has 1 unspecified atom stereocenters. The van der Waals surface area contributed by atoms with Crippen molar-refractivity contribution in [3.8, 4) is 0 Å². The molecule has 11 heavy (non-hydrogen) atoms. The molecule has 3 heteroatoms. The van der Waals surface area contributed by atoms with Crippen molar-refractivity contribution in [1.82, 2.24) is 9.69 Å². The Balaban J connectivity index is 2.36. The van der Waals surface area contributed by atoms with Gasteiger partial charge in [0.1, 0.15) is 0 Å². The van der Waals surface area contributed by atoms with Crippen LogP contribution in [0.1, 0.15) is 32.0 Å². The third kappa shape index (κ3) is 2.60. The molecule has 1 aromatic heterocycles. The van der Waals surface area contributed by atoms with Crippen LogP contribution < -0.4 is 5.32 Å². The van der Waals surface area contributed by atoms with E-state index in [0.29, 0.717) is 6.04 Å². The summed E-state index contributed by atoms with van der Waals surface area (Å²) in [7, 11) is 0. The Hall–Kier alpha value is -0.410. The van der Waals surface area contributed by atoms with Gasteiger partial charge in [-0.05, 0) is 37.5 Å². The van der Waals surface area contributed by atoms with Gasteiger partial charge < -0.3 is 5.32 Å². The second-order valence-electron chi connectivity index (χ2n) is 2.60. The summed E-state index contributed by atoms with van der Waals surface area (Å²) in [5, 5.41) is 5.39. The first-order chi connectivity index (χ1) is 5.34. The van der Waals surface area contributed by atoms with E-state index in [-0.39, 0.29) is 0 Å². The second-order valence-corrected chi connectivity index (χ2v) is 3.27. The van der Waals surface area contributed by atoms with Gasteiger partial charge in [0.25, 0.3) is 0 Å². The lowest BCUT2D eigenvalue weighted by Gasteiger charge is -2.09.